The van der Waals surface area contributed by atoms with Gasteiger partial charge < -0.3 is 15.2 Å². The van der Waals surface area contributed by atoms with Gasteiger partial charge in [0.25, 0.3) is 17.3 Å². The van der Waals surface area contributed by atoms with Gasteiger partial charge in [-0.1, -0.05) is 48.0 Å². The number of esters is 1. The molecule has 2 aliphatic rings. The third-order valence-corrected chi connectivity index (χ3v) is 4.45. The van der Waals surface area contributed by atoms with E-state index in [1.807, 2.05) is 6.92 Å². The van der Waals surface area contributed by atoms with Crippen LogP contribution in [0.15, 0.2) is 54.1 Å². The summed E-state index contributed by atoms with van der Waals surface area (Å²) in [6, 6.07) is 13.3. The van der Waals surface area contributed by atoms with E-state index in [1.165, 1.54) is 0 Å². The number of anilines is 1. The van der Waals surface area contributed by atoms with Crippen LogP contribution in [0, 0.1) is 6.92 Å². The highest BCUT2D eigenvalue weighted by Gasteiger charge is 2.63. The van der Waals surface area contributed by atoms with Gasteiger partial charge in [-0.3, -0.25) is 9.59 Å². The quantitative estimate of drug-likeness (QED) is 0.361. The fraction of sp³-hybridized carbons (Fsp3) is 0.105. The number of ether oxygens (including phenoxy) is 1. The molecule has 2 heterocycles. The number of carbonyl (C=O) groups is 3. The zero-order chi connectivity index (χ0) is 17.8. The summed E-state index contributed by atoms with van der Waals surface area (Å²) in [4.78, 5) is 37.1. The first-order valence-corrected chi connectivity index (χ1v) is 7.64. The standard InChI is InChI=1S/C19H13NO5/c1-10-6-8-11(9-7-10)15(21)14-16(22)17(23)25-19(14)12-4-2-3-5-13(12)20-18(19)24/h2-9,21H,1H3,(H,20,24)/b15-14-. The first-order chi connectivity index (χ1) is 11.9. The van der Waals surface area contributed by atoms with Gasteiger partial charge in [0.1, 0.15) is 11.3 Å². The van der Waals surface area contributed by atoms with E-state index in [0.717, 1.165) is 5.56 Å². The summed E-state index contributed by atoms with van der Waals surface area (Å²) in [5, 5.41) is 13.3. The molecule has 1 fully saturated rings. The number of aryl methyl sites for hydroxylation is 1. The molecule has 1 atom stereocenters. The molecule has 6 heteroatoms. The van der Waals surface area contributed by atoms with Crippen molar-refractivity contribution < 1.29 is 24.2 Å². The number of aliphatic hydroxyl groups excluding tert-OH is 1. The van der Waals surface area contributed by atoms with Crippen molar-refractivity contribution in [3.63, 3.8) is 0 Å². The molecule has 0 aliphatic carbocycles. The highest BCUT2D eigenvalue weighted by atomic mass is 16.6. The number of nitrogens with one attached hydrogen (secondary N) is 1. The number of amides is 1. The van der Waals surface area contributed by atoms with Crippen molar-refractivity contribution in [2.24, 2.45) is 0 Å². The molecule has 1 spiro atoms. The summed E-state index contributed by atoms with van der Waals surface area (Å²) in [5.74, 6) is -3.31. The van der Waals surface area contributed by atoms with Crippen LogP contribution in [-0.2, 0) is 24.7 Å². The molecule has 1 saturated heterocycles. The van der Waals surface area contributed by atoms with Crippen LogP contribution in [0.5, 0.6) is 0 Å². The average Bonchev–Trinajstić information content (AvgIpc) is 3.03. The Hall–Kier alpha value is -3.41. The van der Waals surface area contributed by atoms with Gasteiger partial charge in [0, 0.05) is 16.8 Å². The number of hydrogen-bond acceptors (Lipinski definition) is 5. The molecule has 0 saturated carbocycles. The number of para-hydroxylation sites is 1. The second kappa shape index (κ2) is 5.04. The SMILES string of the molecule is Cc1ccc(/C(O)=C2\C(=O)C(=O)OC23C(=O)Nc2ccccc23)cc1. The van der Waals surface area contributed by atoms with E-state index in [0.29, 0.717) is 16.8 Å². The summed E-state index contributed by atoms with van der Waals surface area (Å²) < 4.78 is 5.22. The van der Waals surface area contributed by atoms with Crippen LogP contribution < -0.4 is 5.32 Å². The number of rotatable bonds is 1. The monoisotopic (exact) mass is 335 g/mol. The molecule has 4 rings (SSSR count). The van der Waals surface area contributed by atoms with E-state index in [1.54, 1.807) is 48.5 Å². The van der Waals surface area contributed by atoms with Crippen molar-refractivity contribution in [3.05, 3.63) is 70.8 Å². The maximum absolute atomic E-state index is 12.7. The first-order valence-electron chi connectivity index (χ1n) is 7.64. The minimum Gasteiger partial charge on any atom is -0.507 e. The van der Waals surface area contributed by atoms with Gasteiger partial charge in [-0.25, -0.2) is 4.79 Å². The molecule has 6 nitrogen and oxygen atoms in total. The van der Waals surface area contributed by atoms with Gasteiger partial charge in [0.15, 0.2) is 0 Å². The molecule has 124 valence electrons. The van der Waals surface area contributed by atoms with E-state index in [-0.39, 0.29) is 5.57 Å². The lowest BCUT2D eigenvalue weighted by Gasteiger charge is -2.21. The van der Waals surface area contributed by atoms with Crippen LogP contribution in [0.2, 0.25) is 0 Å². The summed E-state index contributed by atoms with van der Waals surface area (Å²) in [6.45, 7) is 1.88. The Morgan fingerprint density at radius 1 is 1.04 bits per heavy atom. The summed E-state index contributed by atoms with van der Waals surface area (Å²) in [6.07, 6.45) is 0. The Balaban J connectivity index is 2.01. The highest BCUT2D eigenvalue weighted by Crippen LogP contribution is 2.49. The Morgan fingerprint density at radius 3 is 2.44 bits per heavy atom. The van der Waals surface area contributed by atoms with Crippen LogP contribution >= 0.6 is 0 Å². The first kappa shape index (κ1) is 15.1. The van der Waals surface area contributed by atoms with E-state index >= 15 is 0 Å². The number of ketones is 1. The summed E-state index contributed by atoms with van der Waals surface area (Å²) >= 11 is 0. The zero-order valence-corrected chi connectivity index (χ0v) is 13.2. The van der Waals surface area contributed by atoms with Crippen LogP contribution in [0.25, 0.3) is 5.76 Å². The van der Waals surface area contributed by atoms with Crippen molar-refractivity contribution in [3.8, 4) is 0 Å². The van der Waals surface area contributed by atoms with Crippen LogP contribution in [-0.4, -0.2) is 22.8 Å². The average molecular weight is 335 g/mol. The number of Topliss-reactive ketones (excluding diaryl/α,β-unsaturated/α-hetero) is 1. The number of fused-ring (bicyclic) bond motifs is 2. The fourth-order valence-electron chi connectivity index (χ4n) is 3.21. The van der Waals surface area contributed by atoms with Crippen LogP contribution in [0.4, 0.5) is 5.69 Å². The zero-order valence-electron chi connectivity index (χ0n) is 13.2. The molecule has 2 aromatic rings. The van der Waals surface area contributed by atoms with Gasteiger partial charge >= 0.3 is 5.97 Å². The third-order valence-electron chi connectivity index (χ3n) is 4.45. The highest BCUT2D eigenvalue weighted by molar-refractivity contribution is 6.47. The van der Waals surface area contributed by atoms with E-state index < -0.39 is 29.0 Å². The number of hydrogen-bond donors (Lipinski definition) is 2. The van der Waals surface area contributed by atoms with Crippen molar-refractivity contribution in [2.45, 2.75) is 12.5 Å². The molecule has 0 radical (unpaired) electrons. The predicted molar refractivity (Wildman–Crippen MR) is 88.6 cm³/mol. The van der Waals surface area contributed by atoms with Crippen molar-refractivity contribution in [1.82, 2.24) is 0 Å². The largest absolute Gasteiger partial charge is 0.507 e. The topological polar surface area (TPSA) is 92.7 Å². The van der Waals surface area contributed by atoms with E-state index in [2.05, 4.69) is 5.32 Å². The second-order valence-corrected chi connectivity index (χ2v) is 5.99. The minimum atomic E-state index is -1.96. The molecule has 2 aliphatic heterocycles. The molecule has 25 heavy (non-hydrogen) atoms. The Kier molecular flexibility index (Phi) is 3.05. The van der Waals surface area contributed by atoms with Gasteiger partial charge in [0.2, 0.25) is 0 Å². The minimum absolute atomic E-state index is 0.323. The number of benzene rings is 2. The number of carbonyl (C=O) groups excluding carboxylic acids is 3. The summed E-state index contributed by atoms with van der Waals surface area (Å²) in [7, 11) is 0. The van der Waals surface area contributed by atoms with Crippen molar-refractivity contribution >= 4 is 29.1 Å². The van der Waals surface area contributed by atoms with Crippen molar-refractivity contribution in [2.75, 3.05) is 5.32 Å². The van der Waals surface area contributed by atoms with Crippen molar-refractivity contribution in [1.29, 1.82) is 0 Å². The summed E-state index contributed by atoms with van der Waals surface area (Å²) in [5.41, 5.74) is -0.269. The maximum atomic E-state index is 12.7. The van der Waals surface area contributed by atoms with Gasteiger partial charge in [-0.2, -0.15) is 0 Å². The Morgan fingerprint density at radius 2 is 1.72 bits per heavy atom. The molecule has 0 aromatic heterocycles. The van der Waals surface area contributed by atoms with Crippen LogP contribution in [0.3, 0.4) is 0 Å². The maximum Gasteiger partial charge on any atom is 0.381 e. The predicted octanol–water partition coefficient (Wildman–Crippen LogP) is 2.24. The lowest BCUT2D eigenvalue weighted by molar-refractivity contribution is -0.157. The van der Waals surface area contributed by atoms with Gasteiger partial charge in [0.05, 0.1) is 0 Å². The Bertz CT molecular complexity index is 974. The Labute approximate surface area is 142 Å². The fourth-order valence-corrected chi connectivity index (χ4v) is 3.21. The molecule has 2 N–H and O–H groups in total. The van der Waals surface area contributed by atoms with Gasteiger partial charge in [-0.15, -0.1) is 0 Å². The molecular formula is C19H13NO5. The van der Waals surface area contributed by atoms with Crippen LogP contribution in [0.1, 0.15) is 16.7 Å². The molecule has 0 bridgehead atoms. The van der Waals surface area contributed by atoms with E-state index in [4.69, 9.17) is 4.74 Å². The van der Waals surface area contributed by atoms with Gasteiger partial charge in [-0.05, 0) is 13.0 Å². The normalized spacial score (nSPS) is 23.5. The molecule has 1 amide bonds. The molecule has 2 aromatic carbocycles. The lowest BCUT2D eigenvalue weighted by Crippen LogP contribution is -2.36. The van der Waals surface area contributed by atoms with E-state index in [9.17, 15) is 19.5 Å². The molecular weight excluding hydrogens is 322 g/mol. The smallest absolute Gasteiger partial charge is 0.381 e. The number of aliphatic hydroxyl groups is 1. The lowest BCUT2D eigenvalue weighted by atomic mass is 9.84. The second-order valence-electron chi connectivity index (χ2n) is 5.99. The molecule has 1 unspecified atom stereocenters. The third kappa shape index (κ3) is 1.94.